The number of nitrogen functional groups attached to an aromatic ring is 1. The van der Waals surface area contributed by atoms with Crippen molar-refractivity contribution in [2.24, 2.45) is 5.92 Å². The van der Waals surface area contributed by atoms with E-state index in [4.69, 9.17) is 5.73 Å². The van der Waals surface area contributed by atoms with Crippen LogP contribution in [-0.2, 0) is 0 Å². The van der Waals surface area contributed by atoms with Gasteiger partial charge in [-0.25, -0.2) is 0 Å². The van der Waals surface area contributed by atoms with Crippen LogP contribution in [0.3, 0.4) is 0 Å². The number of hydrogen-bond donors (Lipinski definition) is 2. The van der Waals surface area contributed by atoms with Gasteiger partial charge in [-0.3, -0.25) is 4.98 Å². The van der Waals surface area contributed by atoms with Crippen molar-refractivity contribution in [2.45, 2.75) is 19.8 Å². The Morgan fingerprint density at radius 2 is 2.24 bits per heavy atom. The summed E-state index contributed by atoms with van der Waals surface area (Å²) in [4.78, 5) is 7.00. The van der Waals surface area contributed by atoms with E-state index in [-0.39, 0.29) is 0 Å². The van der Waals surface area contributed by atoms with Gasteiger partial charge < -0.3 is 16.0 Å². The number of anilines is 2. The molecule has 3 N–H and O–H groups in total. The zero-order valence-corrected chi connectivity index (χ0v) is 12.9. The maximum Gasteiger partial charge on any atom is 0.0727 e. The summed E-state index contributed by atoms with van der Waals surface area (Å²) in [5.74, 6) is 0.716. The molecule has 0 spiro atoms. The summed E-state index contributed by atoms with van der Waals surface area (Å²) in [7, 11) is 2.21. The standard InChI is InChI=1S/C17H24N4/c1-12-8-17(15-9-14(18)5-6-16(15)20-12)19-10-13-4-3-7-21(2)11-13/h5-6,8-9,13H,3-4,7,10-11,18H2,1-2H3,(H,19,20). The molecule has 1 fully saturated rings. The van der Waals surface area contributed by atoms with Crippen LogP contribution in [0.5, 0.6) is 0 Å². The van der Waals surface area contributed by atoms with Crippen LogP contribution in [-0.4, -0.2) is 36.6 Å². The van der Waals surface area contributed by atoms with Gasteiger partial charge in [0, 0.05) is 35.5 Å². The van der Waals surface area contributed by atoms with Crippen molar-refractivity contribution >= 4 is 22.3 Å². The topological polar surface area (TPSA) is 54.2 Å². The first kappa shape index (κ1) is 14.1. The van der Waals surface area contributed by atoms with Crippen LogP contribution in [0.15, 0.2) is 24.3 Å². The van der Waals surface area contributed by atoms with Gasteiger partial charge >= 0.3 is 0 Å². The van der Waals surface area contributed by atoms with E-state index in [0.717, 1.165) is 34.5 Å². The van der Waals surface area contributed by atoms with Gasteiger partial charge in [0.2, 0.25) is 0 Å². The first-order valence-corrected chi connectivity index (χ1v) is 7.71. The van der Waals surface area contributed by atoms with Crippen LogP contribution in [0.2, 0.25) is 0 Å². The number of aryl methyl sites for hydroxylation is 1. The molecule has 1 saturated heterocycles. The maximum atomic E-state index is 5.93. The highest BCUT2D eigenvalue weighted by Gasteiger charge is 2.17. The predicted octanol–water partition coefficient (Wildman–Crippen LogP) is 2.88. The number of pyridine rings is 1. The first-order valence-electron chi connectivity index (χ1n) is 7.71. The fraction of sp³-hybridized carbons (Fsp3) is 0.471. The van der Waals surface area contributed by atoms with Gasteiger partial charge in [0.05, 0.1) is 5.52 Å². The highest BCUT2D eigenvalue weighted by molar-refractivity contribution is 5.93. The third-order valence-electron chi connectivity index (χ3n) is 4.26. The summed E-state index contributed by atoms with van der Waals surface area (Å²) < 4.78 is 0. The Morgan fingerprint density at radius 3 is 3.05 bits per heavy atom. The zero-order valence-electron chi connectivity index (χ0n) is 12.9. The lowest BCUT2D eigenvalue weighted by Gasteiger charge is -2.30. The van der Waals surface area contributed by atoms with Crippen molar-refractivity contribution in [3.8, 4) is 0 Å². The monoisotopic (exact) mass is 284 g/mol. The molecule has 4 nitrogen and oxygen atoms in total. The second-order valence-electron chi connectivity index (χ2n) is 6.24. The van der Waals surface area contributed by atoms with Crippen LogP contribution in [0.25, 0.3) is 10.9 Å². The van der Waals surface area contributed by atoms with Gasteiger partial charge in [-0.05, 0) is 63.5 Å². The predicted molar refractivity (Wildman–Crippen MR) is 89.6 cm³/mol. The molecule has 0 aliphatic carbocycles. The number of benzene rings is 1. The van der Waals surface area contributed by atoms with E-state index in [1.165, 1.54) is 25.9 Å². The Kier molecular flexibility index (Phi) is 3.97. The van der Waals surface area contributed by atoms with Crippen LogP contribution < -0.4 is 11.1 Å². The number of rotatable bonds is 3. The number of likely N-dealkylation sites (tertiary alicyclic amines) is 1. The fourth-order valence-corrected chi connectivity index (χ4v) is 3.22. The minimum Gasteiger partial charge on any atom is -0.399 e. The molecule has 1 unspecified atom stereocenters. The van der Waals surface area contributed by atoms with Crippen molar-refractivity contribution in [3.05, 3.63) is 30.0 Å². The Morgan fingerprint density at radius 1 is 1.38 bits per heavy atom. The smallest absolute Gasteiger partial charge is 0.0727 e. The molecule has 3 rings (SSSR count). The van der Waals surface area contributed by atoms with Crippen LogP contribution in [0.4, 0.5) is 11.4 Å². The van der Waals surface area contributed by atoms with Gasteiger partial charge in [-0.15, -0.1) is 0 Å². The van der Waals surface area contributed by atoms with Crippen molar-refractivity contribution < 1.29 is 0 Å². The molecule has 2 aromatic rings. The number of fused-ring (bicyclic) bond motifs is 1. The molecule has 0 radical (unpaired) electrons. The third-order valence-corrected chi connectivity index (χ3v) is 4.26. The second-order valence-corrected chi connectivity index (χ2v) is 6.24. The fourth-order valence-electron chi connectivity index (χ4n) is 3.22. The van der Waals surface area contributed by atoms with E-state index in [1.54, 1.807) is 0 Å². The minimum absolute atomic E-state index is 0.716. The molecule has 1 atom stereocenters. The van der Waals surface area contributed by atoms with Gasteiger partial charge in [-0.1, -0.05) is 0 Å². The van der Waals surface area contributed by atoms with Crippen molar-refractivity contribution in [1.82, 2.24) is 9.88 Å². The van der Waals surface area contributed by atoms with Gasteiger partial charge in [0.15, 0.2) is 0 Å². The molecule has 1 aromatic heterocycles. The van der Waals surface area contributed by atoms with Gasteiger partial charge in [0.1, 0.15) is 0 Å². The highest BCUT2D eigenvalue weighted by Crippen LogP contribution is 2.26. The summed E-state index contributed by atoms with van der Waals surface area (Å²) >= 11 is 0. The summed E-state index contributed by atoms with van der Waals surface area (Å²) in [5.41, 5.74) is 9.91. The van der Waals surface area contributed by atoms with Crippen molar-refractivity contribution in [1.29, 1.82) is 0 Å². The lowest BCUT2D eigenvalue weighted by atomic mass is 9.98. The molecular formula is C17H24N4. The Labute approximate surface area is 126 Å². The number of nitrogens with two attached hydrogens (primary N) is 1. The number of hydrogen-bond acceptors (Lipinski definition) is 4. The largest absolute Gasteiger partial charge is 0.399 e. The van der Waals surface area contributed by atoms with E-state index < -0.39 is 0 Å². The minimum atomic E-state index is 0.716. The molecule has 21 heavy (non-hydrogen) atoms. The molecule has 4 heteroatoms. The summed E-state index contributed by atoms with van der Waals surface area (Å²) in [6, 6.07) is 8.04. The van der Waals surface area contributed by atoms with Crippen LogP contribution in [0, 0.1) is 12.8 Å². The molecule has 0 amide bonds. The van der Waals surface area contributed by atoms with E-state index in [2.05, 4.69) is 28.3 Å². The average molecular weight is 284 g/mol. The highest BCUT2D eigenvalue weighted by atomic mass is 15.1. The summed E-state index contributed by atoms with van der Waals surface area (Å²) in [6.45, 7) is 5.45. The first-order chi connectivity index (χ1) is 10.1. The van der Waals surface area contributed by atoms with Crippen LogP contribution in [0.1, 0.15) is 18.5 Å². The lowest BCUT2D eigenvalue weighted by Crippen LogP contribution is -2.35. The molecule has 2 heterocycles. The van der Waals surface area contributed by atoms with Gasteiger partial charge in [-0.2, -0.15) is 0 Å². The number of nitrogens with zero attached hydrogens (tertiary/aromatic N) is 2. The molecule has 1 aromatic carbocycles. The molecule has 0 bridgehead atoms. The van der Waals surface area contributed by atoms with E-state index in [9.17, 15) is 0 Å². The molecule has 1 aliphatic heterocycles. The SMILES string of the molecule is Cc1cc(NCC2CCCN(C)C2)c2cc(N)ccc2n1. The third kappa shape index (κ3) is 3.27. The summed E-state index contributed by atoms with van der Waals surface area (Å²) in [6.07, 6.45) is 2.60. The van der Waals surface area contributed by atoms with E-state index in [1.807, 2.05) is 25.1 Å². The average Bonchev–Trinajstić information content (AvgIpc) is 2.45. The zero-order chi connectivity index (χ0) is 14.8. The second kappa shape index (κ2) is 5.90. The number of piperidine rings is 1. The number of nitrogens with one attached hydrogen (secondary N) is 1. The Hall–Kier alpha value is -1.81. The quantitative estimate of drug-likeness (QED) is 0.851. The number of aromatic nitrogens is 1. The molecular weight excluding hydrogens is 260 g/mol. The normalized spacial score (nSPS) is 19.8. The van der Waals surface area contributed by atoms with Crippen LogP contribution >= 0.6 is 0 Å². The lowest BCUT2D eigenvalue weighted by molar-refractivity contribution is 0.217. The summed E-state index contributed by atoms with van der Waals surface area (Å²) in [5, 5.41) is 4.74. The molecule has 0 saturated carbocycles. The Balaban J connectivity index is 1.81. The van der Waals surface area contributed by atoms with E-state index >= 15 is 0 Å². The van der Waals surface area contributed by atoms with E-state index in [0.29, 0.717) is 5.92 Å². The van der Waals surface area contributed by atoms with Crippen molar-refractivity contribution in [2.75, 3.05) is 37.7 Å². The molecule has 1 aliphatic rings. The van der Waals surface area contributed by atoms with Crippen molar-refractivity contribution in [3.63, 3.8) is 0 Å². The molecule has 112 valence electrons. The Bertz CT molecular complexity index is 638. The maximum absolute atomic E-state index is 5.93. The van der Waals surface area contributed by atoms with Gasteiger partial charge in [0.25, 0.3) is 0 Å².